The molecule has 0 heterocycles. The van der Waals surface area contributed by atoms with Crippen molar-refractivity contribution in [2.45, 2.75) is 12.2 Å². The maximum atomic E-state index is 8.64. The van der Waals surface area contributed by atoms with Crippen molar-refractivity contribution in [1.29, 1.82) is 0 Å². The Morgan fingerprint density at radius 2 is 1.75 bits per heavy atom. The van der Waals surface area contributed by atoms with E-state index >= 15 is 0 Å². The highest BCUT2D eigenvalue weighted by molar-refractivity contribution is 7.80. The molecule has 0 spiro atoms. The van der Waals surface area contributed by atoms with Gasteiger partial charge in [-0.25, -0.2) is 0 Å². The van der Waals surface area contributed by atoms with Crippen molar-refractivity contribution < 1.29 is 15.3 Å². The summed E-state index contributed by atoms with van der Waals surface area (Å²) in [6.45, 7) is -0.415. The van der Waals surface area contributed by atoms with Crippen molar-refractivity contribution >= 4 is 12.6 Å². The van der Waals surface area contributed by atoms with Gasteiger partial charge in [-0.05, 0) is 0 Å². The van der Waals surface area contributed by atoms with E-state index in [0.29, 0.717) is 0 Å². The largest absolute Gasteiger partial charge is 0.394 e. The first-order valence-corrected chi connectivity index (χ1v) is 2.93. The zero-order chi connectivity index (χ0) is 6.57. The van der Waals surface area contributed by atoms with Crippen molar-refractivity contribution in [1.82, 2.24) is 0 Å². The van der Waals surface area contributed by atoms with Crippen LogP contribution < -0.4 is 0 Å². The maximum Gasteiger partial charge on any atom is 0.104 e. The first-order chi connectivity index (χ1) is 3.72. The molecule has 0 aromatic heterocycles. The molecule has 2 atom stereocenters. The molecule has 2 unspecified atom stereocenters. The molecular weight excluding hydrogens is 128 g/mol. The van der Waals surface area contributed by atoms with Crippen LogP contribution in [0.2, 0.25) is 0 Å². The van der Waals surface area contributed by atoms with Crippen LogP contribution in [0.4, 0.5) is 0 Å². The highest BCUT2D eigenvalue weighted by Crippen LogP contribution is 1.93. The molecule has 3 N–H and O–H groups in total. The van der Waals surface area contributed by atoms with Crippen LogP contribution in [0.25, 0.3) is 0 Å². The average molecular weight is 138 g/mol. The molecule has 0 aliphatic rings. The van der Waals surface area contributed by atoms with Crippen LogP contribution in [0.1, 0.15) is 0 Å². The highest BCUT2D eigenvalue weighted by Gasteiger charge is 2.11. The predicted molar refractivity (Wildman–Crippen MR) is 33.0 cm³/mol. The zero-order valence-electron chi connectivity index (χ0n) is 4.36. The van der Waals surface area contributed by atoms with Gasteiger partial charge < -0.3 is 15.3 Å². The highest BCUT2D eigenvalue weighted by atomic mass is 32.1. The van der Waals surface area contributed by atoms with Crippen LogP contribution in [-0.4, -0.2) is 39.9 Å². The molecule has 0 saturated carbocycles. The first kappa shape index (κ1) is 8.23. The summed E-state index contributed by atoms with van der Waals surface area (Å²) in [5.41, 5.74) is 0. The van der Waals surface area contributed by atoms with Crippen LogP contribution in [0, 0.1) is 0 Å². The number of hydrogen-bond acceptors (Lipinski definition) is 4. The molecule has 3 nitrogen and oxygen atoms in total. The first-order valence-electron chi connectivity index (χ1n) is 2.30. The molecule has 0 rings (SSSR count). The lowest BCUT2D eigenvalue weighted by atomic mass is 10.2. The van der Waals surface area contributed by atoms with Gasteiger partial charge in [-0.3, -0.25) is 0 Å². The molecule has 8 heavy (non-hydrogen) atoms. The fourth-order valence-corrected chi connectivity index (χ4v) is 0.487. The summed E-state index contributed by atoms with van der Waals surface area (Å²) in [5, 5.41) is 25.4. The van der Waals surface area contributed by atoms with E-state index < -0.39 is 18.8 Å². The van der Waals surface area contributed by atoms with E-state index in [1.54, 1.807) is 0 Å². The molecule has 0 aliphatic carbocycles. The van der Waals surface area contributed by atoms with Gasteiger partial charge in [0.1, 0.15) is 6.10 Å². The summed E-state index contributed by atoms with van der Waals surface area (Å²) in [6, 6.07) is 0. The number of aliphatic hydroxyl groups is 3. The number of aliphatic hydroxyl groups excluding tert-OH is 3. The Balaban J connectivity index is 3.29. The summed E-state index contributed by atoms with van der Waals surface area (Å²) in [5.74, 6) is 0.168. The molecule has 0 amide bonds. The number of rotatable bonds is 3. The Labute approximate surface area is 53.4 Å². The topological polar surface area (TPSA) is 60.7 Å². The van der Waals surface area contributed by atoms with Crippen molar-refractivity contribution in [2.75, 3.05) is 12.4 Å². The van der Waals surface area contributed by atoms with Gasteiger partial charge in [-0.2, -0.15) is 12.6 Å². The second-order valence-electron chi connectivity index (χ2n) is 1.50. The number of thiol groups is 1. The van der Waals surface area contributed by atoms with Gasteiger partial charge in [-0.1, -0.05) is 0 Å². The van der Waals surface area contributed by atoms with Gasteiger partial charge in [0.05, 0.1) is 12.7 Å². The monoisotopic (exact) mass is 138 g/mol. The minimum Gasteiger partial charge on any atom is -0.394 e. The molecular formula is C4H10O3S. The molecule has 0 aliphatic heterocycles. The van der Waals surface area contributed by atoms with E-state index in [1.165, 1.54) is 0 Å². The summed E-state index contributed by atoms with van der Waals surface area (Å²) >= 11 is 3.69. The number of hydrogen-bond donors (Lipinski definition) is 4. The van der Waals surface area contributed by atoms with Gasteiger partial charge in [0.25, 0.3) is 0 Å². The van der Waals surface area contributed by atoms with Crippen LogP contribution in [-0.2, 0) is 0 Å². The fraction of sp³-hybridized carbons (Fsp3) is 1.00. The standard InChI is InChI=1S/C4H10O3S/c5-1-3(6)4(7)2-8/h3-8H,1-2H2. The fourth-order valence-electron chi connectivity index (χ4n) is 0.243. The Bertz CT molecular complexity index is 51.2. The summed E-state index contributed by atoms with van der Waals surface area (Å²) < 4.78 is 0. The van der Waals surface area contributed by atoms with Gasteiger partial charge in [0.15, 0.2) is 0 Å². The summed E-state index contributed by atoms with van der Waals surface area (Å²) in [7, 11) is 0. The van der Waals surface area contributed by atoms with Crippen LogP contribution in [0.5, 0.6) is 0 Å². The van der Waals surface area contributed by atoms with Gasteiger partial charge >= 0.3 is 0 Å². The van der Waals surface area contributed by atoms with E-state index in [1.807, 2.05) is 0 Å². The SMILES string of the molecule is OCC(O)C(O)CS. The molecule has 4 heteroatoms. The van der Waals surface area contributed by atoms with Gasteiger partial charge in [0, 0.05) is 5.75 Å². The Kier molecular flexibility index (Phi) is 4.26. The maximum absolute atomic E-state index is 8.64. The molecule has 0 aromatic carbocycles. The van der Waals surface area contributed by atoms with Crippen molar-refractivity contribution in [2.24, 2.45) is 0 Å². The van der Waals surface area contributed by atoms with Crippen LogP contribution >= 0.6 is 12.6 Å². The molecule has 0 aromatic rings. The van der Waals surface area contributed by atoms with E-state index in [-0.39, 0.29) is 5.75 Å². The molecule has 0 fully saturated rings. The van der Waals surface area contributed by atoms with Crippen molar-refractivity contribution in [3.8, 4) is 0 Å². The lowest BCUT2D eigenvalue weighted by Gasteiger charge is -2.11. The van der Waals surface area contributed by atoms with E-state index in [2.05, 4.69) is 12.6 Å². The summed E-state index contributed by atoms with van der Waals surface area (Å²) in [6.07, 6.45) is -1.96. The predicted octanol–water partition coefficient (Wildman–Crippen LogP) is -1.37. The lowest BCUT2D eigenvalue weighted by molar-refractivity contribution is -0.00173. The van der Waals surface area contributed by atoms with Gasteiger partial charge in [-0.15, -0.1) is 0 Å². The third kappa shape index (κ3) is 2.52. The average Bonchev–Trinajstić information content (AvgIpc) is 1.84. The van der Waals surface area contributed by atoms with Crippen LogP contribution in [0.15, 0.2) is 0 Å². The minimum atomic E-state index is -1.05. The third-order valence-corrected chi connectivity index (χ3v) is 1.19. The lowest BCUT2D eigenvalue weighted by Crippen LogP contribution is -2.30. The van der Waals surface area contributed by atoms with E-state index in [4.69, 9.17) is 15.3 Å². The Morgan fingerprint density at radius 3 is 1.88 bits per heavy atom. The minimum absolute atomic E-state index is 0.168. The normalized spacial score (nSPS) is 18.0. The van der Waals surface area contributed by atoms with E-state index in [9.17, 15) is 0 Å². The second kappa shape index (κ2) is 4.14. The molecule has 0 bridgehead atoms. The van der Waals surface area contributed by atoms with Crippen molar-refractivity contribution in [3.05, 3.63) is 0 Å². The third-order valence-electron chi connectivity index (χ3n) is 0.818. The zero-order valence-corrected chi connectivity index (χ0v) is 5.25. The van der Waals surface area contributed by atoms with E-state index in [0.717, 1.165) is 0 Å². The molecule has 50 valence electrons. The Hall–Kier alpha value is 0.230. The molecule has 0 radical (unpaired) electrons. The quantitative estimate of drug-likeness (QED) is 0.364. The van der Waals surface area contributed by atoms with Crippen LogP contribution in [0.3, 0.4) is 0 Å². The van der Waals surface area contributed by atoms with Crippen molar-refractivity contribution in [3.63, 3.8) is 0 Å². The van der Waals surface area contributed by atoms with Gasteiger partial charge in [0.2, 0.25) is 0 Å². The Morgan fingerprint density at radius 1 is 1.25 bits per heavy atom. The molecule has 0 saturated heterocycles. The smallest absolute Gasteiger partial charge is 0.104 e. The second-order valence-corrected chi connectivity index (χ2v) is 1.86. The summed E-state index contributed by atoms with van der Waals surface area (Å²) in [4.78, 5) is 0.